The van der Waals surface area contributed by atoms with Crippen molar-refractivity contribution in [2.45, 2.75) is 20.3 Å². The van der Waals surface area contributed by atoms with Crippen molar-refractivity contribution in [1.82, 2.24) is 5.43 Å². The molecule has 0 fully saturated rings. The molecule has 3 aromatic carbocycles. The standard InChI is InChI=1S/C25H27N3O3/c1-19-13-14-23(17-20(19)2)30-15-8-16-31-24-12-7-6-9-21(24)18-26-28-25(29)27-22-10-4-3-5-11-22/h3-7,9-14,17-18H,8,15-16H2,1-2H3,(H2,27,28,29)/b26-18-. The van der Waals surface area contributed by atoms with Crippen molar-refractivity contribution in [3.05, 3.63) is 89.5 Å². The summed E-state index contributed by atoms with van der Waals surface area (Å²) in [5.41, 5.74) is 6.39. The number of anilines is 1. The van der Waals surface area contributed by atoms with Gasteiger partial charge in [-0.2, -0.15) is 5.10 Å². The lowest BCUT2D eigenvalue weighted by atomic mass is 10.1. The van der Waals surface area contributed by atoms with Crippen LogP contribution in [-0.4, -0.2) is 25.5 Å². The van der Waals surface area contributed by atoms with E-state index < -0.39 is 6.03 Å². The number of benzene rings is 3. The van der Waals surface area contributed by atoms with Crippen molar-refractivity contribution in [3.8, 4) is 11.5 Å². The van der Waals surface area contributed by atoms with Crippen LogP contribution in [0.3, 0.4) is 0 Å². The number of ether oxygens (including phenoxy) is 2. The van der Waals surface area contributed by atoms with Crippen LogP contribution < -0.4 is 20.2 Å². The largest absolute Gasteiger partial charge is 0.493 e. The zero-order valence-corrected chi connectivity index (χ0v) is 17.8. The Labute approximate surface area is 182 Å². The molecule has 3 rings (SSSR count). The zero-order chi connectivity index (χ0) is 21.9. The molecular formula is C25H27N3O3. The second-order valence-corrected chi connectivity index (χ2v) is 7.02. The van der Waals surface area contributed by atoms with Crippen molar-refractivity contribution in [1.29, 1.82) is 0 Å². The SMILES string of the molecule is Cc1ccc(OCCCOc2ccccc2/C=N\NC(=O)Nc2ccccc2)cc1C. The van der Waals surface area contributed by atoms with Crippen LogP contribution in [0.4, 0.5) is 10.5 Å². The van der Waals surface area contributed by atoms with Gasteiger partial charge in [-0.25, -0.2) is 10.2 Å². The van der Waals surface area contributed by atoms with Gasteiger partial charge in [-0.1, -0.05) is 36.4 Å². The number of nitrogens with zero attached hydrogens (tertiary/aromatic N) is 1. The second-order valence-electron chi connectivity index (χ2n) is 7.02. The van der Waals surface area contributed by atoms with Crippen molar-refractivity contribution in [2.75, 3.05) is 18.5 Å². The average Bonchev–Trinajstić information content (AvgIpc) is 2.77. The Bertz CT molecular complexity index is 1020. The monoisotopic (exact) mass is 417 g/mol. The quantitative estimate of drug-likeness (QED) is 0.282. The van der Waals surface area contributed by atoms with E-state index in [1.807, 2.05) is 54.6 Å². The van der Waals surface area contributed by atoms with Crippen LogP contribution in [0.15, 0.2) is 77.9 Å². The molecule has 0 aliphatic heterocycles. The molecule has 3 aromatic rings. The molecule has 0 bridgehead atoms. The summed E-state index contributed by atoms with van der Waals surface area (Å²) in [6.45, 7) is 5.24. The van der Waals surface area contributed by atoms with E-state index in [0.29, 0.717) is 24.7 Å². The molecule has 0 aliphatic rings. The Morgan fingerprint density at radius 1 is 0.903 bits per heavy atom. The summed E-state index contributed by atoms with van der Waals surface area (Å²) in [6.07, 6.45) is 2.31. The Morgan fingerprint density at radius 2 is 1.65 bits per heavy atom. The lowest BCUT2D eigenvalue weighted by Crippen LogP contribution is -2.24. The third kappa shape index (κ3) is 7.19. The van der Waals surface area contributed by atoms with Gasteiger partial charge in [-0.3, -0.25) is 0 Å². The van der Waals surface area contributed by atoms with Gasteiger partial charge >= 0.3 is 6.03 Å². The predicted molar refractivity (Wildman–Crippen MR) is 124 cm³/mol. The molecule has 0 heterocycles. The smallest absolute Gasteiger partial charge is 0.339 e. The third-order valence-electron chi connectivity index (χ3n) is 4.61. The molecule has 0 unspecified atom stereocenters. The Balaban J connectivity index is 1.43. The number of aryl methyl sites for hydroxylation is 2. The minimum absolute atomic E-state index is 0.413. The summed E-state index contributed by atoms with van der Waals surface area (Å²) in [7, 11) is 0. The molecule has 0 aromatic heterocycles. The number of hydrogen-bond donors (Lipinski definition) is 2. The van der Waals surface area contributed by atoms with Gasteiger partial charge in [0, 0.05) is 17.7 Å². The van der Waals surface area contributed by atoms with Crippen molar-refractivity contribution in [2.24, 2.45) is 5.10 Å². The fourth-order valence-electron chi connectivity index (χ4n) is 2.79. The molecule has 160 valence electrons. The molecule has 6 heteroatoms. The molecule has 6 nitrogen and oxygen atoms in total. The number of hydrogen-bond acceptors (Lipinski definition) is 4. The maximum Gasteiger partial charge on any atom is 0.339 e. The van der Waals surface area contributed by atoms with E-state index in [1.165, 1.54) is 11.1 Å². The molecule has 2 amide bonds. The van der Waals surface area contributed by atoms with Gasteiger partial charge in [-0.05, 0) is 61.4 Å². The highest BCUT2D eigenvalue weighted by Gasteiger charge is 2.03. The van der Waals surface area contributed by atoms with Crippen LogP contribution in [0.25, 0.3) is 0 Å². The molecule has 0 aliphatic carbocycles. The number of carbonyl (C=O) groups excluding carboxylic acids is 1. The molecule has 0 radical (unpaired) electrons. The number of nitrogens with one attached hydrogen (secondary N) is 2. The van der Waals surface area contributed by atoms with E-state index in [-0.39, 0.29) is 0 Å². The number of rotatable bonds is 9. The van der Waals surface area contributed by atoms with Crippen LogP contribution >= 0.6 is 0 Å². The van der Waals surface area contributed by atoms with Crippen molar-refractivity contribution >= 4 is 17.9 Å². The molecule has 0 saturated heterocycles. The van der Waals surface area contributed by atoms with Gasteiger partial charge in [0.05, 0.1) is 19.4 Å². The first-order valence-corrected chi connectivity index (χ1v) is 10.2. The Morgan fingerprint density at radius 3 is 2.45 bits per heavy atom. The fraction of sp³-hybridized carbons (Fsp3) is 0.200. The number of urea groups is 1. The first kappa shape index (κ1) is 21.9. The van der Waals surface area contributed by atoms with E-state index in [0.717, 1.165) is 17.7 Å². The number of para-hydroxylation sites is 2. The molecule has 0 atom stereocenters. The van der Waals surface area contributed by atoms with Crippen LogP contribution in [0, 0.1) is 13.8 Å². The molecular weight excluding hydrogens is 390 g/mol. The molecule has 31 heavy (non-hydrogen) atoms. The number of hydrazone groups is 1. The summed E-state index contributed by atoms with van der Waals surface area (Å²) in [5.74, 6) is 1.57. The highest BCUT2D eigenvalue weighted by atomic mass is 16.5. The van der Waals surface area contributed by atoms with Gasteiger partial charge in [0.15, 0.2) is 0 Å². The van der Waals surface area contributed by atoms with Crippen LogP contribution in [0.1, 0.15) is 23.1 Å². The number of carbonyl (C=O) groups is 1. The van der Waals surface area contributed by atoms with E-state index in [1.54, 1.807) is 18.3 Å². The minimum atomic E-state index is -0.413. The van der Waals surface area contributed by atoms with Crippen molar-refractivity contribution < 1.29 is 14.3 Å². The maximum atomic E-state index is 11.9. The Hall–Kier alpha value is -3.80. The Kier molecular flexibility index (Phi) is 8.05. The topological polar surface area (TPSA) is 72.0 Å². The number of amides is 2. The summed E-state index contributed by atoms with van der Waals surface area (Å²) in [5, 5.41) is 6.71. The highest BCUT2D eigenvalue weighted by molar-refractivity contribution is 5.90. The summed E-state index contributed by atoms with van der Waals surface area (Å²) in [6, 6.07) is 22.4. The first-order chi connectivity index (χ1) is 15.1. The minimum Gasteiger partial charge on any atom is -0.493 e. The third-order valence-corrected chi connectivity index (χ3v) is 4.61. The highest BCUT2D eigenvalue weighted by Crippen LogP contribution is 2.18. The predicted octanol–water partition coefficient (Wildman–Crippen LogP) is 5.31. The average molecular weight is 418 g/mol. The summed E-state index contributed by atoms with van der Waals surface area (Å²) >= 11 is 0. The zero-order valence-electron chi connectivity index (χ0n) is 17.8. The summed E-state index contributed by atoms with van der Waals surface area (Å²) < 4.78 is 11.7. The molecule has 0 spiro atoms. The van der Waals surface area contributed by atoms with E-state index in [2.05, 4.69) is 35.8 Å². The lowest BCUT2D eigenvalue weighted by Gasteiger charge is -2.11. The lowest BCUT2D eigenvalue weighted by molar-refractivity contribution is 0.247. The first-order valence-electron chi connectivity index (χ1n) is 10.2. The van der Waals surface area contributed by atoms with Crippen molar-refractivity contribution in [3.63, 3.8) is 0 Å². The summed E-state index contributed by atoms with van der Waals surface area (Å²) in [4.78, 5) is 11.9. The molecule has 0 saturated carbocycles. The van der Waals surface area contributed by atoms with E-state index in [4.69, 9.17) is 9.47 Å². The normalized spacial score (nSPS) is 10.6. The van der Waals surface area contributed by atoms with Gasteiger partial charge in [0.1, 0.15) is 11.5 Å². The van der Waals surface area contributed by atoms with E-state index >= 15 is 0 Å². The van der Waals surface area contributed by atoms with Crippen LogP contribution in [-0.2, 0) is 0 Å². The van der Waals surface area contributed by atoms with E-state index in [9.17, 15) is 4.79 Å². The van der Waals surface area contributed by atoms with Gasteiger partial charge < -0.3 is 14.8 Å². The van der Waals surface area contributed by atoms with Gasteiger partial charge in [0.2, 0.25) is 0 Å². The van der Waals surface area contributed by atoms with Gasteiger partial charge in [-0.15, -0.1) is 0 Å². The van der Waals surface area contributed by atoms with Gasteiger partial charge in [0.25, 0.3) is 0 Å². The molecule has 2 N–H and O–H groups in total. The second kappa shape index (κ2) is 11.4. The maximum absolute atomic E-state index is 11.9. The van der Waals surface area contributed by atoms with Crippen LogP contribution in [0.2, 0.25) is 0 Å². The fourth-order valence-corrected chi connectivity index (χ4v) is 2.79. The van der Waals surface area contributed by atoms with Crippen LogP contribution in [0.5, 0.6) is 11.5 Å².